The fourth-order valence-corrected chi connectivity index (χ4v) is 4.61. The highest BCUT2D eigenvalue weighted by molar-refractivity contribution is 6.01. The van der Waals surface area contributed by atoms with Gasteiger partial charge < -0.3 is 21.7 Å². The molecule has 4 rings (SSSR count). The zero-order valence-corrected chi connectivity index (χ0v) is 16.8. The van der Waals surface area contributed by atoms with Crippen LogP contribution >= 0.6 is 0 Å². The number of anilines is 2. The average Bonchev–Trinajstić information content (AvgIpc) is 2.98. The van der Waals surface area contributed by atoms with Gasteiger partial charge in [-0.3, -0.25) is 14.4 Å². The van der Waals surface area contributed by atoms with Crippen molar-refractivity contribution in [2.24, 2.45) is 5.73 Å². The Kier molecular flexibility index (Phi) is 5.15. The standard InChI is InChI=1S/C22H25N5O3/c1-12(28)14-3-7-20(25-11-14)27-16-4-5-17(27)10-15(9-16)26-22(30)13-2-6-18(21(24)29)19(23)8-13/h2-3,6-8,11,15-17H,4-5,9-10,23H2,1H3,(H2,24,29)(H,26,30)/t15-,16+,17-. The minimum atomic E-state index is -0.617. The van der Waals surface area contributed by atoms with E-state index < -0.39 is 5.91 Å². The highest BCUT2D eigenvalue weighted by Gasteiger charge is 2.41. The van der Waals surface area contributed by atoms with Crippen molar-refractivity contribution in [2.75, 3.05) is 10.6 Å². The van der Waals surface area contributed by atoms with Gasteiger partial charge in [-0.1, -0.05) is 0 Å². The van der Waals surface area contributed by atoms with Crippen LogP contribution in [0, 0.1) is 0 Å². The number of benzene rings is 1. The summed E-state index contributed by atoms with van der Waals surface area (Å²) in [5.74, 6) is 0.0582. The number of carbonyl (C=O) groups excluding carboxylic acids is 3. The number of amides is 2. The van der Waals surface area contributed by atoms with Gasteiger partial charge in [0.05, 0.1) is 5.56 Å². The van der Waals surface area contributed by atoms with Crippen molar-refractivity contribution in [3.8, 4) is 0 Å². The van der Waals surface area contributed by atoms with Crippen LogP contribution < -0.4 is 21.7 Å². The first-order valence-corrected chi connectivity index (χ1v) is 10.1. The van der Waals surface area contributed by atoms with E-state index in [1.807, 2.05) is 12.1 Å². The lowest BCUT2D eigenvalue weighted by Gasteiger charge is -2.40. The number of rotatable bonds is 5. The van der Waals surface area contributed by atoms with E-state index in [1.54, 1.807) is 12.3 Å². The Morgan fingerprint density at radius 1 is 1.07 bits per heavy atom. The number of pyridine rings is 1. The predicted octanol–water partition coefficient (Wildman–Crippen LogP) is 1.90. The van der Waals surface area contributed by atoms with Crippen LogP contribution in [0.25, 0.3) is 0 Å². The number of piperidine rings is 1. The Bertz CT molecular complexity index is 990. The van der Waals surface area contributed by atoms with Crippen LogP contribution in [0.4, 0.5) is 11.5 Å². The van der Waals surface area contributed by atoms with Crippen molar-refractivity contribution in [1.82, 2.24) is 10.3 Å². The first-order valence-electron chi connectivity index (χ1n) is 10.1. The molecule has 2 fully saturated rings. The summed E-state index contributed by atoms with van der Waals surface area (Å²) in [4.78, 5) is 42.3. The number of hydrogen-bond acceptors (Lipinski definition) is 6. The fourth-order valence-electron chi connectivity index (χ4n) is 4.61. The molecule has 3 heterocycles. The lowest BCUT2D eigenvalue weighted by atomic mass is 9.96. The third kappa shape index (κ3) is 3.72. The van der Waals surface area contributed by atoms with Gasteiger partial charge in [-0.05, 0) is 62.9 Å². The highest BCUT2D eigenvalue weighted by atomic mass is 16.2. The number of carbonyl (C=O) groups is 3. The Balaban J connectivity index is 1.43. The lowest BCUT2D eigenvalue weighted by molar-refractivity contribution is 0.0924. The molecule has 2 saturated heterocycles. The minimum Gasteiger partial charge on any atom is -0.398 e. The van der Waals surface area contributed by atoms with Gasteiger partial charge in [0, 0.05) is 41.1 Å². The van der Waals surface area contributed by atoms with Crippen molar-refractivity contribution in [1.29, 1.82) is 0 Å². The summed E-state index contributed by atoms with van der Waals surface area (Å²) in [6.07, 6.45) is 5.38. The van der Waals surface area contributed by atoms with Crippen molar-refractivity contribution in [2.45, 2.75) is 50.7 Å². The molecule has 0 aliphatic carbocycles. The van der Waals surface area contributed by atoms with E-state index in [2.05, 4.69) is 15.2 Å². The molecule has 0 radical (unpaired) electrons. The van der Waals surface area contributed by atoms with E-state index in [0.29, 0.717) is 23.2 Å². The number of nitrogens with one attached hydrogen (secondary N) is 1. The van der Waals surface area contributed by atoms with Crippen molar-refractivity contribution in [3.63, 3.8) is 0 Å². The van der Waals surface area contributed by atoms with E-state index in [4.69, 9.17) is 11.5 Å². The molecule has 2 aliphatic heterocycles. The summed E-state index contributed by atoms with van der Waals surface area (Å²) in [6.45, 7) is 1.53. The zero-order valence-electron chi connectivity index (χ0n) is 16.8. The largest absolute Gasteiger partial charge is 0.398 e. The third-order valence-corrected chi connectivity index (χ3v) is 6.07. The Morgan fingerprint density at radius 3 is 2.27 bits per heavy atom. The number of Topliss-reactive ketones (excluding diaryl/α,β-unsaturated/α-hetero) is 1. The molecule has 2 aromatic rings. The molecule has 2 aliphatic rings. The molecule has 3 atom stereocenters. The number of nitrogen functional groups attached to an aromatic ring is 1. The topological polar surface area (TPSA) is 131 Å². The maximum atomic E-state index is 12.7. The monoisotopic (exact) mass is 407 g/mol. The molecular weight excluding hydrogens is 382 g/mol. The second-order valence-corrected chi connectivity index (χ2v) is 8.06. The number of nitrogens with two attached hydrogens (primary N) is 2. The van der Waals surface area contributed by atoms with Gasteiger partial charge in [0.1, 0.15) is 5.82 Å². The number of primary amides is 1. The van der Waals surface area contributed by atoms with Gasteiger partial charge >= 0.3 is 0 Å². The third-order valence-electron chi connectivity index (χ3n) is 6.07. The van der Waals surface area contributed by atoms with Crippen molar-refractivity contribution in [3.05, 3.63) is 53.2 Å². The quantitative estimate of drug-likeness (QED) is 0.512. The number of ketones is 1. The van der Waals surface area contributed by atoms with E-state index in [9.17, 15) is 14.4 Å². The van der Waals surface area contributed by atoms with Gasteiger partial charge in [-0.15, -0.1) is 0 Å². The first kappa shape index (κ1) is 19.9. The van der Waals surface area contributed by atoms with E-state index in [1.165, 1.54) is 19.1 Å². The first-order chi connectivity index (χ1) is 14.3. The maximum absolute atomic E-state index is 12.7. The molecule has 8 heteroatoms. The van der Waals surface area contributed by atoms with Crippen LogP contribution in [0.15, 0.2) is 36.5 Å². The minimum absolute atomic E-state index is 0.00272. The van der Waals surface area contributed by atoms with Crippen LogP contribution in [0.2, 0.25) is 0 Å². The number of fused-ring (bicyclic) bond motifs is 2. The second-order valence-electron chi connectivity index (χ2n) is 8.06. The summed E-state index contributed by atoms with van der Waals surface area (Å²) in [5, 5.41) is 3.11. The molecule has 1 aromatic carbocycles. The maximum Gasteiger partial charge on any atom is 0.251 e. The van der Waals surface area contributed by atoms with E-state index in [0.717, 1.165) is 31.5 Å². The van der Waals surface area contributed by atoms with E-state index in [-0.39, 0.29) is 29.0 Å². The summed E-state index contributed by atoms with van der Waals surface area (Å²) < 4.78 is 0. The Morgan fingerprint density at radius 2 is 1.73 bits per heavy atom. The van der Waals surface area contributed by atoms with Crippen molar-refractivity contribution < 1.29 is 14.4 Å². The Hall–Kier alpha value is -3.42. The molecule has 2 amide bonds. The summed E-state index contributed by atoms with van der Waals surface area (Å²) in [5.41, 5.74) is 12.5. The Labute approximate surface area is 174 Å². The molecule has 0 saturated carbocycles. The fraction of sp³-hybridized carbons (Fsp3) is 0.364. The average molecular weight is 407 g/mol. The van der Waals surface area contributed by atoms with Gasteiger partial charge in [0.15, 0.2) is 5.78 Å². The van der Waals surface area contributed by atoms with Crippen LogP contribution in [0.3, 0.4) is 0 Å². The SMILES string of the molecule is CC(=O)c1ccc(N2[C@@H]3CC[C@H]2C[C@@H](NC(=O)c2ccc(C(N)=O)c(N)c2)C3)nc1. The molecule has 0 unspecified atom stereocenters. The normalized spacial score (nSPS) is 22.6. The van der Waals surface area contributed by atoms with Crippen LogP contribution in [0.1, 0.15) is 63.7 Å². The van der Waals surface area contributed by atoms with Gasteiger partial charge in [-0.25, -0.2) is 4.98 Å². The molecule has 5 N–H and O–H groups in total. The second kappa shape index (κ2) is 7.78. The molecule has 8 nitrogen and oxygen atoms in total. The summed E-state index contributed by atoms with van der Waals surface area (Å²) >= 11 is 0. The molecule has 30 heavy (non-hydrogen) atoms. The number of hydrogen-bond donors (Lipinski definition) is 3. The predicted molar refractivity (Wildman–Crippen MR) is 113 cm³/mol. The smallest absolute Gasteiger partial charge is 0.251 e. The van der Waals surface area contributed by atoms with Crippen molar-refractivity contribution >= 4 is 29.1 Å². The van der Waals surface area contributed by atoms with E-state index >= 15 is 0 Å². The molecular formula is C22H25N5O3. The van der Waals surface area contributed by atoms with Crippen LogP contribution in [-0.2, 0) is 0 Å². The zero-order chi connectivity index (χ0) is 21.4. The van der Waals surface area contributed by atoms with Crippen LogP contribution in [-0.4, -0.2) is 40.7 Å². The molecule has 2 bridgehead atoms. The molecule has 0 spiro atoms. The number of aromatic nitrogens is 1. The molecule has 1 aromatic heterocycles. The summed E-state index contributed by atoms with van der Waals surface area (Å²) in [6, 6.07) is 8.91. The lowest BCUT2D eigenvalue weighted by Crippen LogP contribution is -2.50. The summed E-state index contributed by atoms with van der Waals surface area (Å²) in [7, 11) is 0. The molecule has 156 valence electrons. The van der Waals surface area contributed by atoms with Gasteiger partial charge in [0.2, 0.25) is 0 Å². The van der Waals surface area contributed by atoms with Gasteiger partial charge in [-0.2, -0.15) is 0 Å². The number of nitrogens with zero attached hydrogens (tertiary/aromatic N) is 2. The van der Waals surface area contributed by atoms with Crippen LogP contribution in [0.5, 0.6) is 0 Å². The highest BCUT2D eigenvalue weighted by Crippen LogP contribution is 2.38. The van der Waals surface area contributed by atoms with Gasteiger partial charge in [0.25, 0.3) is 11.8 Å².